The van der Waals surface area contributed by atoms with Crippen LogP contribution in [0.5, 0.6) is 5.75 Å². The van der Waals surface area contributed by atoms with Crippen LogP contribution in [0.2, 0.25) is 0 Å². The number of hydrogen-bond donors (Lipinski definition) is 2. The Labute approximate surface area is 155 Å². The van der Waals surface area contributed by atoms with E-state index in [0.717, 1.165) is 47.7 Å². The van der Waals surface area contributed by atoms with E-state index in [0.29, 0.717) is 6.54 Å². The van der Waals surface area contributed by atoms with Gasteiger partial charge in [-0.3, -0.25) is 0 Å². The van der Waals surface area contributed by atoms with Crippen molar-refractivity contribution in [3.8, 4) is 5.75 Å². The predicted molar refractivity (Wildman–Crippen MR) is 102 cm³/mol. The molecule has 1 heterocycles. The summed E-state index contributed by atoms with van der Waals surface area (Å²) < 4.78 is 11.0. The van der Waals surface area contributed by atoms with Crippen LogP contribution in [-0.2, 0) is 12.8 Å². The zero-order chi connectivity index (χ0) is 18.7. The number of furan rings is 1. The molecule has 1 atom stereocenters. The van der Waals surface area contributed by atoms with E-state index in [2.05, 4.69) is 24.5 Å². The fraction of sp³-hybridized carbons (Fsp3) is 0.476. The number of amides is 2. The van der Waals surface area contributed by atoms with Crippen molar-refractivity contribution in [2.45, 2.75) is 46.1 Å². The fourth-order valence-corrected chi connectivity index (χ4v) is 3.64. The number of rotatable bonds is 5. The molecule has 1 aliphatic rings. The summed E-state index contributed by atoms with van der Waals surface area (Å²) in [6.07, 6.45) is 2.60. The molecule has 0 aliphatic heterocycles. The molecule has 0 saturated heterocycles. The summed E-state index contributed by atoms with van der Waals surface area (Å²) in [6.45, 7) is 6.97. The number of ether oxygens (including phenoxy) is 1. The molecule has 5 heteroatoms. The number of benzene rings is 1. The smallest absolute Gasteiger partial charge is 0.315 e. The van der Waals surface area contributed by atoms with Gasteiger partial charge in [-0.15, -0.1) is 0 Å². The maximum atomic E-state index is 12.4. The maximum Gasteiger partial charge on any atom is 0.315 e. The van der Waals surface area contributed by atoms with Gasteiger partial charge in [0.05, 0.1) is 13.2 Å². The average Bonchev–Trinajstić information content (AvgIpc) is 2.94. The molecule has 1 aromatic carbocycles. The van der Waals surface area contributed by atoms with Gasteiger partial charge in [0.2, 0.25) is 0 Å². The maximum absolute atomic E-state index is 12.4. The van der Waals surface area contributed by atoms with Gasteiger partial charge < -0.3 is 19.8 Å². The number of carbonyl (C=O) groups is 1. The van der Waals surface area contributed by atoms with Crippen LogP contribution in [0.15, 0.2) is 34.7 Å². The lowest BCUT2D eigenvalue weighted by Gasteiger charge is -2.34. The van der Waals surface area contributed by atoms with Crippen LogP contribution in [0.4, 0.5) is 4.79 Å². The first-order chi connectivity index (χ1) is 12.4. The van der Waals surface area contributed by atoms with Crippen LogP contribution in [0.25, 0.3) is 0 Å². The van der Waals surface area contributed by atoms with Crippen molar-refractivity contribution in [2.75, 3.05) is 13.7 Å². The van der Waals surface area contributed by atoms with Crippen LogP contribution in [-0.4, -0.2) is 19.7 Å². The molecule has 0 saturated carbocycles. The van der Waals surface area contributed by atoms with Gasteiger partial charge in [0.1, 0.15) is 17.3 Å². The molecule has 5 nitrogen and oxygen atoms in total. The van der Waals surface area contributed by atoms with Gasteiger partial charge in [0, 0.05) is 18.5 Å². The van der Waals surface area contributed by atoms with E-state index in [1.165, 1.54) is 0 Å². The van der Waals surface area contributed by atoms with Gasteiger partial charge in [-0.2, -0.15) is 0 Å². The zero-order valence-electron chi connectivity index (χ0n) is 16.0. The van der Waals surface area contributed by atoms with E-state index >= 15 is 0 Å². The summed E-state index contributed by atoms with van der Waals surface area (Å²) in [4.78, 5) is 12.4. The van der Waals surface area contributed by atoms with Crippen molar-refractivity contribution in [3.63, 3.8) is 0 Å². The highest BCUT2D eigenvalue weighted by atomic mass is 16.5. The summed E-state index contributed by atoms with van der Waals surface area (Å²) in [5.74, 6) is 2.74. The van der Waals surface area contributed by atoms with Gasteiger partial charge in [-0.1, -0.05) is 26.0 Å². The lowest BCUT2D eigenvalue weighted by molar-refractivity contribution is 0.214. The molecule has 140 valence electrons. The molecule has 2 N–H and O–H groups in total. The Balaban J connectivity index is 1.54. The number of nitrogens with one attached hydrogen (secondary N) is 2. The first-order valence-electron chi connectivity index (χ1n) is 9.13. The second-order valence-electron chi connectivity index (χ2n) is 7.83. The molecule has 2 aromatic rings. The number of aryl methyl sites for hydroxylation is 1. The molecule has 0 radical (unpaired) electrons. The zero-order valence-corrected chi connectivity index (χ0v) is 16.0. The highest BCUT2D eigenvalue weighted by Gasteiger charge is 2.35. The Morgan fingerprint density at radius 2 is 2.04 bits per heavy atom. The van der Waals surface area contributed by atoms with E-state index in [1.807, 2.05) is 37.3 Å². The van der Waals surface area contributed by atoms with Gasteiger partial charge >= 0.3 is 6.03 Å². The van der Waals surface area contributed by atoms with E-state index < -0.39 is 0 Å². The third-order valence-corrected chi connectivity index (χ3v) is 4.90. The van der Waals surface area contributed by atoms with Crippen LogP contribution < -0.4 is 15.4 Å². The van der Waals surface area contributed by atoms with E-state index in [1.54, 1.807) is 7.11 Å². The number of fused-ring (bicyclic) bond motifs is 1. The van der Waals surface area contributed by atoms with Gasteiger partial charge in [-0.25, -0.2) is 4.79 Å². The highest BCUT2D eigenvalue weighted by molar-refractivity contribution is 5.74. The first kappa shape index (κ1) is 18.4. The fourth-order valence-electron chi connectivity index (χ4n) is 3.64. The second-order valence-corrected chi connectivity index (χ2v) is 7.83. The third-order valence-electron chi connectivity index (χ3n) is 4.90. The Morgan fingerprint density at radius 3 is 2.73 bits per heavy atom. The van der Waals surface area contributed by atoms with Crippen molar-refractivity contribution >= 4 is 6.03 Å². The number of carbonyl (C=O) groups excluding carboxylic acids is 1. The summed E-state index contributed by atoms with van der Waals surface area (Å²) >= 11 is 0. The Kier molecular flexibility index (Phi) is 5.25. The van der Waals surface area contributed by atoms with Crippen LogP contribution in [0.3, 0.4) is 0 Å². The monoisotopic (exact) mass is 356 g/mol. The van der Waals surface area contributed by atoms with Crippen LogP contribution >= 0.6 is 0 Å². The Hall–Kier alpha value is -2.43. The SMILES string of the molecule is COc1ccc(CCNC(=O)NC2CC(C)(C)Cc3oc(C)cc32)cc1. The normalized spacial score (nSPS) is 18.1. The molecule has 1 unspecified atom stereocenters. The summed E-state index contributed by atoms with van der Waals surface area (Å²) in [5, 5.41) is 6.08. The topological polar surface area (TPSA) is 63.5 Å². The molecule has 1 aliphatic carbocycles. The van der Waals surface area contributed by atoms with Crippen LogP contribution in [0.1, 0.15) is 49.0 Å². The molecular formula is C21H28N2O3. The minimum atomic E-state index is -0.133. The molecule has 0 fully saturated rings. The third kappa shape index (κ3) is 4.40. The van der Waals surface area contributed by atoms with Crippen molar-refractivity contribution in [1.82, 2.24) is 10.6 Å². The first-order valence-corrected chi connectivity index (χ1v) is 9.13. The quantitative estimate of drug-likeness (QED) is 0.846. The molecule has 0 bridgehead atoms. The number of urea groups is 1. The second kappa shape index (κ2) is 7.44. The molecular weight excluding hydrogens is 328 g/mol. The Morgan fingerprint density at radius 1 is 1.31 bits per heavy atom. The lowest BCUT2D eigenvalue weighted by Crippen LogP contribution is -2.42. The predicted octanol–water partition coefficient (Wildman–Crippen LogP) is 4.15. The Bertz CT molecular complexity index is 762. The largest absolute Gasteiger partial charge is 0.497 e. The molecule has 1 aromatic heterocycles. The van der Waals surface area contributed by atoms with E-state index in [9.17, 15) is 4.79 Å². The lowest BCUT2D eigenvalue weighted by atomic mass is 9.75. The molecule has 26 heavy (non-hydrogen) atoms. The summed E-state index contributed by atoms with van der Waals surface area (Å²) in [6, 6.07) is 9.81. The van der Waals surface area contributed by atoms with Crippen molar-refractivity contribution in [3.05, 3.63) is 53.0 Å². The van der Waals surface area contributed by atoms with Crippen molar-refractivity contribution in [2.24, 2.45) is 5.41 Å². The summed E-state index contributed by atoms with van der Waals surface area (Å²) in [5.41, 5.74) is 2.39. The van der Waals surface area contributed by atoms with Gasteiger partial charge in [0.15, 0.2) is 0 Å². The van der Waals surface area contributed by atoms with Crippen molar-refractivity contribution in [1.29, 1.82) is 0 Å². The van der Waals surface area contributed by atoms with Gasteiger partial charge in [0.25, 0.3) is 0 Å². The van der Waals surface area contributed by atoms with Gasteiger partial charge in [-0.05, 0) is 48.9 Å². The molecule has 2 amide bonds. The van der Waals surface area contributed by atoms with E-state index in [-0.39, 0.29) is 17.5 Å². The van der Waals surface area contributed by atoms with Crippen LogP contribution in [0, 0.1) is 12.3 Å². The van der Waals surface area contributed by atoms with Crippen molar-refractivity contribution < 1.29 is 13.9 Å². The standard InChI is InChI=1S/C21H28N2O3/c1-14-11-17-18(12-21(2,3)13-19(17)26-14)23-20(24)22-10-9-15-5-7-16(25-4)8-6-15/h5-8,11,18H,9-10,12-13H2,1-4H3,(H2,22,23,24). The minimum absolute atomic E-state index is 0.00723. The minimum Gasteiger partial charge on any atom is -0.497 e. The molecule has 3 rings (SSSR count). The highest BCUT2D eigenvalue weighted by Crippen LogP contribution is 2.41. The molecule has 0 spiro atoms. The average molecular weight is 356 g/mol. The number of hydrogen-bond acceptors (Lipinski definition) is 3. The van der Waals surface area contributed by atoms with E-state index in [4.69, 9.17) is 9.15 Å². The number of methoxy groups -OCH3 is 1. The summed E-state index contributed by atoms with van der Waals surface area (Å²) in [7, 11) is 1.65.